The number of fused-ring (bicyclic) bond motifs is 1. The van der Waals surface area contributed by atoms with Crippen molar-refractivity contribution >= 4 is 17.3 Å². The van der Waals surface area contributed by atoms with Gasteiger partial charge in [-0.1, -0.05) is 39.0 Å². The van der Waals surface area contributed by atoms with Crippen LogP contribution in [-0.4, -0.2) is 26.8 Å². The van der Waals surface area contributed by atoms with Crippen LogP contribution in [-0.2, 0) is 24.9 Å². The van der Waals surface area contributed by atoms with Crippen molar-refractivity contribution in [2.45, 2.75) is 40.8 Å². The van der Waals surface area contributed by atoms with E-state index in [4.69, 9.17) is 9.72 Å². The number of alkyl carbamates (subject to hydrolysis) is 1. The summed E-state index contributed by atoms with van der Waals surface area (Å²) in [4.78, 5) is 29.0. The number of hydrogen-bond donors (Lipinski definition) is 1. The van der Waals surface area contributed by atoms with Gasteiger partial charge in [-0.3, -0.25) is 9.13 Å². The minimum absolute atomic E-state index is 0.0168. The van der Waals surface area contributed by atoms with Gasteiger partial charge in [-0.25, -0.2) is 14.6 Å². The number of nitrogens with one attached hydrogen (secondary N) is 1. The molecule has 1 aromatic carbocycles. The Morgan fingerprint density at radius 1 is 1.21 bits per heavy atom. The number of rotatable bonds is 5. The van der Waals surface area contributed by atoms with Crippen molar-refractivity contribution in [3.63, 3.8) is 0 Å². The van der Waals surface area contributed by atoms with Crippen LogP contribution in [0, 0.1) is 5.41 Å². The van der Waals surface area contributed by atoms with Crippen molar-refractivity contribution in [3.05, 3.63) is 52.4 Å². The summed E-state index contributed by atoms with van der Waals surface area (Å²) in [5.74, 6) is 0. The molecular weight excluding hydrogens is 368 g/mol. The summed E-state index contributed by atoms with van der Waals surface area (Å²) in [6.07, 6.45) is -0.437. The molecule has 7 nitrogen and oxygen atoms in total. The standard InChI is InChI=1S/C22H28N4O3/c1-6-29-20(27)23-13-15-8-7-9-16(12-15)17-10-11-18-19(24-17)25(5)21(28)26(18)14-22(2,3)4/h7-12H,6,13-14H2,1-5H3,(H,23,27). The molecule has 2 heterocycles. The SMILES string of the molecule is CCOC(=O)NCc1cccc(-c2ccc3c(n2)n(C)c(=O)n3CC(C)(C)C)c1. The zero-order valence-corrected chi connectivity index (χ0v) is 17.7. The molecule has 0 saturated carbocycles. The summed E-state index contributed by atoms with van der Waals surface area (Å²) >= 11 is 0. The van der Waals surface area contributed by atoms with Crippen LogP contribution >= 0.6 is 0 Å². The van der Waals surface area contributed by atoms with Gasteiger partial charge in [0, 0.05) is 25.7 Å². The van der Waals surface area contributed by atoms with Gasteiger partial charge in [0.2, 0.25) is 0 Å². The van der Waals surface area contributed by atoms with Gasteiger partial charge >= 0.3 is 11.8 Å². The van der Waals surface area contributed by atoms with E-state index in [1.165, 1.54) is 0 Å². The van der Waals surface area contributed by atoms with Gasteiger partial charge in [0.1, 0.15) is 0 Å². The normalized spacial score (nSPS) is 11.6. The van der Waals surface area contributed by atoms with Gasteiger partial charge in [0.15, 0.2) is 5.65 Å². The molecule has 2 aromatic heterocycles. The first-order valence-corrected chi connectivity index (χ1v) is 9.76. The maximum atomic E-state index is 12.7. The van der Waals surface area contributed by atoms with Gasteiger partial charge in [-0.15, -0.1) is 0 Å². The van der Waals surface area contributed by atoms with Crippen LogP contribution in [0.5, 0.6) is 0 Å². The van der Waals surface area contributed by atoms with Crippen LogP contribution in [0.4, 0.5) is 4.79 Å². The Labute approximate surface area is 170 Å². The lowest BCUT2D eigenvalue weighted by Gasteiger charge is -2.18. The van der Waals surface area contributed by atoms with Crippen LogP contribution < -0.4 is 11.0 Å². The number of carbonyl (C=O) groups excluding carboxylic acids is 1. The van der Waals surface area contributed by atoms with E-state index < -0.39 is 6.09 Å². The molecule has 1 amide bonds. The van der Waals surface area contributed by atoms with Gasteiger partial charge in [-0.05, 0) is 36.1 Å². The Kier molecular flexibility index (Phi) is 5.77. The lowest BCUT2D eigenvalue weighted by molar-refractivity contribution is 0.151. The predicted octanol–water partition coefficient (Wildman–Crippen LogP) is 3.69. The number of hydrogen-bond acceptors (Lipinski definition) is 4. The van der Waals surface area contributed by atoms with Crippen molar-refractivity contribution in [2.75, 3.05) is 6.61 Å². The Morgan fingerprint density at radius 2 is 1.97 bits per heavy atom. The molecule has 7 heteroatoms. The third kappa shape index (κ3) is 4.67. The van der Waals surface area contributed by atoms with Crippen molar-refractivity contribution in [2.24, 2.45) is 12.5 Å². The van der Waals surface area contributed by atoms with E-state index in [9.17, 15) is 9.59 Å². The molecular formula is C22H28N4O3. The monoisotopic (exact) mass is 396 g/mol. The molecule has 0 spiro atoms. The smallest absolute Gasteiger partial charge is 0.407 e. The van der Waals surface area contributed by atoms with E-state index in [0.29, 0.717) is 25.3 Å². The highest BCUT2D eigenvalue weighted by molar-refractivity contribution is 5.76. The van der Waals surface area contributed by atoms with Crippen LogP contribution in [0.3, 0.4) is 0 Å². The number of benzene rings is 1. The number of pyridine rings is 1. The average molecular weight is 396 g/mol. The molecule has 1 N–H and O–H groups in total. The van der Waals surface area contributed by atoms with E-state index in [1.807, 2.05) is 36.4 Å². The number of aryl methyl sites for hydroxylation is 1. The van der Waals surface area contributed by atoms with Gasteiger partial charge in [0.05, 0.1) is 17.8 Å². The highest BCUT2D eigenvalue weighted by atomic mass is 16.5. The third-order valence-corrected chi connectivity index (χ3v) is 4.55. The molecule has 0 aliphatic rings. The van der Waals surface area contributed by atoms with E-state index >= 15 is 0 Å². The van der Waals surface area contributed by atoms with E-state index in [1.54, 1.807) is 23.1 Å². The van der Waals surface area contributed by atoms with Crippen LogP contribution in [0.25, 0.3) is 22.4 Å². The Morgan fingerprint density at radius 3 is 2.66 bits per heavy atom. The summed E-state index contributed by atoms with van der Waals surface area (Å²) in [6.45, 7) is 9.42. The second kappa shape index (κ2) is 8.11. The second-order valence-electron chi connectivity index (χ2n) is 8.30. The quantitative estimate of drug-likeness (QED) is 0.713. The fourth-order valence-corrected chi connectivity index (χ4v) is 3.26. The van der Waals surface area contributed by atoms with Gasteiger partial charge < -0.3 is 10.1 Å². The molecule has 3 rings (SSSR count). The summed E-state index contributed by atoms with van der Waals surface area (Å²) in [5.41, 5.74) is 4.05. The third-order valence-electron chi connectivity index (χ3n) is 4.55. The molecule has 0 saturated heterocycles. The zero-order chi connectivity index (χ0) is 21.2. The molecule has 29 heavy (non-hydrogen) atoms. The predicted molar refractivity (Wildman–Crippen MR) is 114 cm³/mol. The maximum absolute atomic E-state index is 12.7. The molecule has 0 aliphatic carbocycles. The lowest BCUT2D eigenvalue weighted by atomic mass is 9.97. The summed E-state index contributed by atoms with van der Waals surface area (Å²) in [5, 5.41) is 2.72. The zero-order valence-electron chi connectivity index (χ0n) is 17.7. The number of amides is 1. The number of aromatic nitrogens is 3. The van der Waals surface area contributed by atoms with E-state index in [0.717, 1.165) is 22.3 Å². The molecule has 0 radical (unpaired) electrons. The summed E-state index contributed by atoms with van der Waals surface area (Å²) < 4.78 is 8.27. The first-order chi connectivity index (χ1) is 13.7. The average Bonchev–Trinajstić information content (AvgIpc) is 2.90. The van der Waals surface area contributed by atoms with Crippen LogP contribution in [0.15, 0.2) is 41.2 Å². The largest absolute Gasteiger partial charge is 0.450 e. The Bertz CT molecular complexity index is 1090. The van der Waals surface area contributed by atoms with Crippen LogP contribution in [0.1, 0.15) is 33.3 Å². The Hall–Kier alpha value is -3.09. The molecule has 0 fully saturated rings. The molecule has 0 aliphatic heterocycles. The highest BCUT2D eigenvalue weighted by Gasteiger charge is 2.18. The number of nitrogens with zero attached hydrogens (tertiary/aromatic N) is 3. The highest BCUT2D eigenvalue weighted by Crippen LogP contribution is 2.23. The van der Waals surface area contributed by atoms with E-state index in [2.05, 4.69) is 26.1 Å². The fraction of sp³-hybridized carbons (Fsp3) is 0.409. The first-order valence-electron chi connectivity index (χ1n) is 9.76. The molecule has 0 bridgehead atoms. The van der Waals surface area contributed by atoms with Crippen molar-refractivity contribution in [1.29, 1.82) is 0 Å². The fourth-order valence-electron chi connectivity index (χ4n) is 3.26. The van der Waals surface area contributed by atoms with Gasteiger partial charge in [-0.2, -0.15) is 0 Å². The van der Waals surface area contributed by atoms with Crippen molar-refractivity contribution in [3.8, 4) is 11.3 Å². The van der Waals surface area contributed by atoms with E-state index in [-0.39, 0.29) is 11.1 Å². The molecule has 154 valence electrons. The molecule has 0 atom stereocenters. The molecule has 0 unspecified atom stereocenters. The Balaban J connectivity index is 1.93. The van der Waals surface area contributed by atoms with Crippen molar-refractivity contribution < 1.29 is 9.53 Å². The maximum Gasteiger partial charge on any atom is 0.407 e. The lowest BCUT2D eigenvalue weighted by Crippen LogP contribution is -2.27. The topological polar surface area (TPSA) is 78.2 Å². The van der Waals surface area contributed by atoms with Crippen LogP contribution in [0.2, 0.25) is 0 Å². The minimum Gasteiger partial charge on any atom is -0.450 e. The number of imidazole rings is 1. The van der Waals surface area contributed by atoms with Gasteiger partial charge in [0.25, 0.3) is 0 Å². The molecule has 3 aromatic rings. The second-order valence-corrected chi connectivity index (χ2v) is 8.30. The first kappa shape index (κ1) is 20.6. The van der Waals surface area contributed by atoms with Crippen molar-refractivity contribution in [1.82, 2.24) is 19.4 Å². The number of ether oxygens (including phenoxy) is 1. The minimum atomic E-state index is -0.437. The summed E-state index contributed by atoms with van der Waals surface area (Å²) in [6, 6.07) is 11.7. The summed E-state index contributed by atoms with van der Waals surface area (Å²) in [7, 11) is 1.75. The number of carbonyl (C=O) groups is 1.